The van der Waals surface area contributed by atoms with E-state index in [4.69, 9.17) is 4.74 Å². The van der Waals surface area contributed by atoms with Crippen LogP contribution in [0.4, 0.5) is 4.39 Å². The molecule has 4 rings (SSSR count). The summed E-state index contributed by atoms with van der Waals surface area (Å²) >= 11 is 0. The number of carbonyl (C=O) groups is 1. The fraction of sp³-hybridized carbons (Fsp3) is 0.458. The molecular formula is C24H30FN5O2. The van der Waals surface area contributed by atoms with Crippen molar-refractivity contribution in [1.29, 1.82) is 0 Å². The monoisotopic (exact) mass is 439 g/mol. The van der Waals surface area contributed by atoms with Crippen molar-refractivity contribution in [1.82, 2.24) is 24.8 Å². The number of rotatable bonds is 7. The zero-order chi connectivity index (χ0) is 22.7. The molecule has 1 aliphatic heterocycles. The smallest absolute Gasteiger partial charge is 0.220 e. The number of halogens is 1. The van der Waals surface area contributed by atoms with Gasteiger partial charge in [0.2, 0.25) is 5.91 Å². The van der Waals surface area contributed by atoms with Crippen molar-refractivity contribution in [3.8, 4) is 0 Å². The largest absolute Gasteiger partial charge is 0.379 e. The fourth-order valence-electron chi connectivity index (χ4n) is 4.37. The summed E-state index contributed by atoms with van der Waals surface area (Å²) in [5.74, 6) is -0.275. The van der Waals surface area contributed by atoms with Crippen LogP contribution in [0.1, 0.15) is 40.7 Å². The molecule has 32 heavy (non-hydrogen) atoms. The summed E-state index contributed by atoms with van der Waals surface area (Å²) in [6.45, 7) is 9.30. The van der Waals surface area contributed by atoms with E-state index in [0.717, 1.165) is 46.9 Å². The number of hydrogen-bond acceptors (Lipinski definition) is 5. The number of nitrogens with zero attached hydrogens (tertiary/aromatic N) is 4. The van der Waals surface area contributed by atoms with Crippen molar-refractivity contribution >= 4 is 11.6 Å². The number of benzene rings is 1. The van der Waals surface area contributed by atoms with Crippen LogP contribution in [0, 0.1) is 26.6 Å². The highest BCUT2D eigenvalue weighted by atomic mass is 19.1. The summed E-state index contributed by atoms with van der Waals surface area (Å²) in [4.78, 5) is 19.6. The van der Waals surface area contributed by atoms with Crippen molar-refractivity contribution in [2.45, 2.75) is 39.7 Å². The average Bonchev–Trinajstić information content (AvgIpc) is 3.16. The number of nitrogens with one attached hydrogen (secondary N) is 1. The molecule has 0 saturated carbocycles. The first-order valence-corrected chi connectivity index (χ1v) is 11.1. The summed E-state index contributed by atoms with van der Waals surface area (Å²) in [5.41, 5.74) is 5.75. The summed E-state index contributed by atoms with van der Waals surface area (Å²) in [7, 11) is 0. The van der Waals surface area contributed by atoms with Crippen LogP contribution < -0.4 is 5.32 Å². The predicted octanol–water partition coefficient (Wildman–Crippen LogP) is 2.92. The van der Waals surface area contributed by atoms with Crippen LogP contribution in [0.25, 0.3) is 5.65 Å². The maximum atomic E-state index is 13.4. The lowest BCUT2D eigenvalue weighted by molar-refractivity contribution is -0.121. The highest BCUT2D eigenvalue weighted by Gasteiger charge is 2.23. The highest BCUT2D eigenvalue weighted by Crippen LogP contribution is 2.22. The molecule has 7 nitrogen and oxygen atoms in total. The molecule has 0 radical (unpaired) electrons. The second-order valence-corrected chi connectivity index (χ2v) is 8.34. The molecule has 3 heterocycles. The summed E-state index contributed by atoms with van der Waals surface area (Å²) < 4.78 is 20.7. The maximum absolute atomic E-state index is 13.4. The normalized spacial score (nSPS) is 15.8. The first kappa shape index (κ1) is 22.4. The molecule has 1 aromatic carbocycles. The van der Waals surface area contributed by atoms with Gasteiger partial charge in [-0.05, 0) is 50.5 Å². The molecule has 0 bridgehead atoms. The quantitative estimate of drug-likeness (QED) is 0.613. The van der Waals surface area contributed by atoms with Gasteiger partial charge >= 0.3 is 0 Å². The molecule has 1 N–H and O–H groups in total. The molecule has 2 aromatic heterocycles. The number of morpholine rings is 1. The predicted molar refractivity (Wildman–Crippen MR) is 120 cm³/mol. The molecule has 3 aromatic rings. The van der Waals surface area contributed by atoms with E-state index in [1.807, 2.05) is 31.4 Å². The molecule has 0 spiro atoms. The van der Waals surface area contributed by atoms with Crippen LogP contribution in [-0.2, 0) is 16.0 Å². The Morgan fingerprint density at radius 3 is 2.62 bits per heavy atom. The molecule has 8 heteroatoms. The van der Waals surface area contributed by atoms with Gasteiger partial charge in [-0.25, -0.2) is 13.9 Å². The molecular weight excluding hydrogens is 409 g/mol. The SMILES string of the molecule is Cc1cc2nc(C)c(CCC(=O)NCC(c3ccc(F)cc3)N3CCOCC3)c(C)n2n1. The van der Waals surface area contributed by atoms with Gasteiger partial charge in [0, 0.05) is 43.5 Å². The number of fused-ring (bicyclic) bond motifs is 1. The van der Waals surface area contributed by atoms with E-state index in [-0.39, 0.29) is 17.8 Å². The van der Waals surface area contributed by atoms with Crippen molar-refractivity contribution in [2.24, 2.45) is 0 Å². The fourth-order valence-corrected chi connectivity index (χ4v) is 4.37. The van der Waals surface area contributed by atoms with Gasteiger partial charge in [0.15, 0.2) is 5.65 Å². The topological polar surface area (TPSA) is 71.8 Å². The number of aromatic nitrogens is 3. The van der Waals surface area contributed by atoms with Crippen molar-refractivity contribution < 1.29 is 13.9 Å². The van der Waals surface area contributed by atoms with E-state index in [1.165, 1.54) is 12.1 Å². The van der Waals surface area contributed by atoms with Crippen LogP contribution in [0.3, 0.4) is 0 Å². The van der Waals surface area contributed by atoms with Crippen LogP contribution >= 0.6 is 0 Å². The third kappa shape index (κ3) is 4.97. The lowest BCUT2D eigenvalue weighted by atomic mass is 10.0. The van der Waals surface area contributed by atoms with Gasteiger partial charge in [-0.2, -0.15) is 5.10 Å². The molecule has 1 atom stereocenters. The zero-order valence-electron chi connectivity index (χ0n) is 18.9. The van der Waals surface area contributed by atoms with E-state index in [0.29, 0.717) is 32.6 Å². The molecule has 1 aliphatic rings. The molecule has 170 valence electrons. The minimum absolute atomic E-state index is 0.0130. The van der Waals surface area contributed by atoms with E-state index in [1.54, 1.807) is 12.1 Å². The Bertz CT molecular complexity index is 1090. The summed E-state index contributed by atoms with van der Waals surface area (Å²) in [6, 6.07) is 8.46. The Labute approximate surface area is 187 Å². The van der Waals surface area contributed by atoms with Crippen LogP contribution in [0.5, 0.6) is 0 Å². The molecule has 0 aliphatic carbocycles. The van der Waals surface area contributed by atoms with Gasteiger partial charge in [-0.3, -0.25) is 9.69 Å². The Balaban J connectivity index is 1.41. The van der Waals surface area contributed by atoms with Crippen LogP contribution in [-0.4, -0.2) is 58.3 Å². The Hall–Kier alpha value is -2.84. The van der Waals surface area contributed by atoms with Gasteiger partial charge in [-0.1, -0.05) is 12.1 Å². The minimum atomic E-state index is -0.262. The highest BCUT2D eigenvalue weighted by molar-refractivity contribution is 5.76. The van der Waals surface area contributed by atoms with Crippen molar-refractivity contribution in [2.75, 3.05) is 32.8 Å². The van der Waals surface area contributed by atoms with E-state index >= 15 is 0 Å². The number of amides is 1. The molecule has 1 fully saturated rings. The second kappa shape index (κ2) is 9.75. The average molecular weight is 440 g/mol. The second-order valence-electron chi connectivity index (χ2n) is 8.34. The lowest BCUT2D eigenvalue weighted by Crippen LogP contribution is -2.43. The number of ether oxygens (including phenoxy) is 1. The van der Waals surface area contributed by atoms with E-state index in [9.17, 15) is 9.18 Å². The van der Waals surface area contributed by atoms with Gasteiger partial charge in [0.05, 0.1) is 24.9 Å². The van der Waals surface area contributed by atoms with Crippen molar-refractivity contribution in [3.05, 3.63) is 64.4 Å². The van der Waals surface area contributed by atoms with E-state index in [2.05, 4.69) is 20.3 Å². The van der Waals surface area contributed by atoms with Gasteiger partial charge in [-0.15, -0.1) is 0 Å². The first-order chi connectivity index (χ1) is 15.4. The third-order valence-corrected chi connectivity index (χ3v) is 6.12. The Kier molecular flexibility index (Phi) is 6.81. The summed E-state index contributed by atoms with van der Waals surface area (Å²) in [6.07, 6.45) is 0.971. The van der Waals surface area contributed by atoms with E-state index < -0.39 is 0 Å². The van der Waals surface area contributed by atoms with Gasteiger partial charge in [0.1, 0.15) is 5.82 Å². The Morgan fingerprint density at radius 1 is 1.19 bits per heavy atom. The van der Waals surface area contributed by atoms with Crippen LogP contribution in [0.15, 0.2) is 30.3 Å². The number of aryl methyl sites for hydroxylation is 3. The van der Waals surface area contributed by atoms with Crippen molar-refractivity contribution in [3.63, 3.8) is 0 Å². The van der Waals surface area contributed by atoms with Crippen LogP contribution in [0.2, 0.25) is 0 Å². The minimum Gasteiger partial charge on any atom is -0.379 e. The maximum Gasteiger partial charge on any atom is 0.220 e. The standard InChI is InChI=1S/C24H30FN5O2/c1-16-14-23-27-17(2)21(18(3)30(23)28-16)8-9-24(31)26-15-22(29-10-12-32-13-11-29)19-4-6-20(25)7-5-19/h4-7,14,22H,8-13,15H2,1-3H3,(H,26,31). The Morgan fingerprint density at radius 2 is 1.91 bits per heavy atom. The van der Waals surface area contributed by atoms with Gasteiger partial charge < -0.3 is 10.1 Å². The molecule has 1 saturated heterocycles. The zero-order valence-corrected chi connectivity index (χ0v) is 18.9. The molecule has 1 unspecified atom stereocenters. The number of hydrogen-bond donors (Lipinski definition) is 1. The third-order valence-electron chi connectivity index (χ3n) is 6.12. The lowest BCUT2D eigenvalue weighted by Gasteiger charge is -2.35. The van der Waals surface area contributed by atoms with Gasteiger partial charge in [0.25, 0.3) is 0 Å². The summed E-state index contributed by atoms with van der Waals surface area (Å²) in [5, 5.41) is 7.59. The first-order valence-electron chi connectivity index (χ1n) is 11.1. The number of carbonyl (C=O) groups excluding carboxylic acids is 1. The molecule has 1 amide bonds.